The zero-order valence-corrected chi connectivity index (χ0v) is 23.4. The average Bonchev–Trinajstić information content (AvgIpc) is 3.45. The Labute approximate surface area is 232 Å². The molecule has 1 unspecified atom stereocenters. The molecular weight excluding hydrogens is 531 g/mol. The van der Waals surface area contributed by atoms with E-state index in [-0.39, 0.29) is 23.8 Å². The summed E-state index contributed by atoms with van der Waals surface area (Å²) in [7, 11) is 4.67. The number of halogens is 4. The highest BCUT2D eigenvalue weighted by molar-refractivity contribution is 6.34. The first-order valence-corrected chi connectivity index (χ1v) is 13.5. The fourth-order valence-electron chi connectivity index (χ4n) is 6.26. The summed E-state index contributed by atoms with van der Waals surface area (Å²) in [5.74, 6) is -0.845. The quantitative estimate of drug-likeness (QED) is 0.502. The van der Waals surface area contributed by atoms with E-state index >= 15 is 0 Å². The van der Waals surface area contributed by atoms with E-state index in [1.54, 1.807) is 20.2 Å². The summed E-state index contributed by atoms with van der Waals surface area (Å²) in [4.78, 5) is 29.9. The second-order valence-electron chi connectivity index (χ2n) is 11.1. The molecule has 1 saturated heterocycles. The van der Waals surface area contributed by atoms with Crippen LogP contribution >= 0.6 is 11.6 Å². The monoisotopic (exact) mass is 565 g/mol. The highest BCUT2D eigenvalue weighted by Crippen LogP contribution is 2.66. The van der Waals surface area contributed by atoms with Gasteiger partial charge in [0.15, 0.2) is 0 Å². The topological polar surface area (TPSA) is 64.1 Å². The van der Waals surface area contributed by atoms with Crippen molar-refractivity contribution in [2.45, 2.75) is 38.0 Å². The molecule has 1 aliphatic heterocycles. The predicted octanol–water partition coefficient (Wildman–Crippen LogP) is 5.19. The lowest BCUT2D eigenvalue weighted by molar-refractivity contribution is -0.261. The van der Waals surface area contributed by atoms with Crippen LogP contribution in [-0.4, -0.2) is 73.7 Å². The van der Waals surface area contributed by atoms with E-state index in [2.05, 4.69) is 11.8 Å². The summed E-state index contributed by atoms with van der Waals surface area (Å²) in [5, 5.41) is 11.0. The Balaban J connectivity index is 1.37. The Morgan fingerprint density at radius 3 is 2.23 bits per heavy atom. The molecule has 2 amide bonds. The second kappa shape index (κ2) is 10.7. The molecule has 3 atom stereocenters. The molecule has 2 fully saturated rings. The molecule has 2 aromatic carbocycles. The average molecular weight is 566 g/mol. The van der Waals surface area contributed by atoms with Crippen molar-refractivity contribution >= 4 is 29.1 Å². The van der Waals surface area contributed by atoms with Gasteiger partial charge in [0.2, 0.25) is 0 Å². The van der Waals surface area contributed by atoms with Gasteiger partial charge in [-0.05, 0) is 54.7 Å². The molecule has 2 aromatic rings. The zero-order valence-electron chi connectivity index (χ0n) is 22.6. The second-order valence-corrected chi connectivity index (χ2v) is 11.5. The first-order chi connectivity index (χ1) is 18.2. The Morgan fingerprint density at radius 2 is 1.69 bits per heavy atom. The molecule has 2 aliphatic rings. The van der Waals surface area contributed by atoms with Crippen molar-refractivity contribution in [2.75, 3.05) is 45.7 Å². The number of piperidine rings is 1. The summed E-state index contributed by atoms with van der Waals surface area (Å²) < 4.78 is 41.8. The van der Waals surface area contributed by atoms with Gasteiger partial charge in [-0.3, -0.25) is 9.59 Å². The third-order valence-corrected chi connectivity index (χ3v) is 9.13. The molecule has 39 heavy (non-hydrogen) atoms. The third-order valence-electron chi connectivity index (χ3n) is 8.82. The van der Waals surface area contributed by atoms with E-state index < -0.39 is 23.2 Å². The van der Waals surface area contributed by atoms with Gasteiger partial charge in [-0.25, -0.2) is 0 Å². The highest BCUT2D eigenvalue weighted by Gasteiger charge is 2.63. The van der Waals surface area contributed by atoms with Gasteiger partial charge < -0.3 is 19.8 Å². The molecular formula is C29H35ClF3N3O3. The zero-order chi connectivity index (χ0) is 28.8. The van der Waals surface area contributed by atoms with E-state index in [4.69, 9.17) is 11.6 Å². The smallest absolute Gasteiger partial charge is 0.371 e. The Hall–Kier alpha value is -2.78. The summed E-state index contributed by atoms with van der Waals surface area (Å²) in [6, 6.07) is 12.0. The van der Waals surface area contributed by atoms with E-state index in [0.717, 1.165) is 48.7 Å². The number of hydrogen-bond acceptors (Lipinski definition) is 4. The lowest BCUT2D eigenvalue weighted by atomic mass is 9.88. The first-order valence-electron chi connectivity index (χ1n) is 13.1. The van der Waals surface area contributed by atoms with Gasteiger partial charge in [0.1, 0.15) is 0 Å². The Morgan fingerprint density at radius 1 is 1.08 bits per heavy atom. The van der Waals surface area contributed by atoms with Crippen LogP contribution in [0, 0.1) is 17.3 Å². The number of rotatable bonds is 7. The number of likely N-dealkylation sites (N-methyl/N-ethyl adjacent to an activating group) is 1. The van der Waals surface area contributed by atoms with Crippen molar-refractivity contribution in [3.8, 4) is 0 Å². The lowest BCUT2D eigenvalue weighted by Crippen LogP contribution is -2.55. The van der Waals surface area contributed by atoms with Gasteiger partial charge in [0, 0.05) is 52.0 Å². The number of carbonyl (C=O) groups excluding carboxylic acids is 2. The molecule has 0 radical (unpaired) electrons. The summed E-state index contributed by atoms with van der Waals surface area (Å²) >= 11 is 6.40. The largest absolute Gasteiger partial charge is 0.430 e. The van der Waals surface area contributed by atoms with Crippen molar-refractivity contribution in [1.29, 1.82) is 0 Å². The molecule has 4 rings (SSSR count). The third kappa shape index (κ3) is 5.23. The molecule has 1 saturated carbocycles. The summed E-state index contributed by atoms with van der Waals surface area (Å²) in [6.07, 6.45) is -2.74. The Kier molecular flexibility index (Phi) is 7.98. The van der Waals surface area contributed by atoms with Crippen LogP contribution in [0.4, 0.5) is 18.9 Å². The van der Waals surface area contributed by atoms with Crippen molar-refractivity contribution in [3.05, 3.63) is 64.7 Å². The van der Waals surface area contributed by atoms with Crippen molar-refractivity contribution in [2.24, 2.45) is 17.3 Å². The van der Waals surface area contributed by atoms with Crippen LogP contribution in [0.2, 0.25) is 5.02 Å². The molecule has 212 valence electrons. The van der Waals surface area contributed by atoms with Crippen LogP contribution in [0.5, 0.6) is 0 Å². The van der Waals surface area contributed by atoms with Gasteiger partial charge >= 0.3 is 6.18 Å². The minimum absolute atomic E-state index is 0.0881. The van der Waals surface area contributed by atoms with E-state index in [1.165, 1.54) is 30.1 Å². The first kappa shape index (κ1) is 29.2. The van der Waals surface area contributed by atoms with E-state index in [1.807, 2.05) is 12.1 Å². The molecule has 1 heterocycles. The van der Waals surface area contributed by atoms with Crippen LogP contribution in [0.1, 0.15) is 42.1 Å². The minimum Gasteiger partial charge on any atom is -0.371 e. The number of hydrogen-bond donors (Lipinski definition) is 1. The van der Waals surface area contributed by atoms with Gasteiger partial charge in [-0.2, -0.15) is 13.2 Å². The standard InChI is InChI=1S/C29H35ClF3N3O3/c1-19-23(12-15-35(4)26(38)28(39,29(31,32)33)20-8-6-5-7-9-20)27(19)13-16-36(17-14-27)21-10-11-22(24(30)18-21)25(37)34(2)3/h5-11,18-19,23,39H,12-17H2,1-4H3/t19-,23+,28?/m0/s1. The SMILES string of the molecule is C[C@H]1[C@@H](CCN(C)C(=O)C(O)(c2ccccc2)C(F)(F)F)C12CCN(c1ccc(C(=O)N(C)C)c(Cl)c1)CC2. The fraction of sp³-hybridized carbons (Fsp3) is 0.517. The summed E-state index contributed by atoms with van der Waals surface area (Å²) in [6.45, 7) is 3.89. The number of aliphatic hydroxyl groups is 1. The minimum atomic E-state index is -5.15. The molecule has 10 heteroatoms. The number of nitrogens with zero attached hydrogens (tertiary/aromatic N) is 3. The normalized spacial score (nSPS) is 21.8. The number of alkyl halides is 3. The fourth-order valence-corrected chi connectivity index (χ4v) is 6.52. The van der Waals surface area contributed by atoms with Gasteiger partial charge in [-0.15, -0.1) is 0 Å². The van der Waals surface area contributed by atoms with Crippen LogP contribution in [0.3, 0.4) is 0 Å². The number of anilines is 1. The molecule has 0 aromatic heterocycles. The molecule has 1 N–H and O–H groups in total. The van der Waals surface area contributed by atoms with Gasteiger partial charge in [0.25, 0.3) is 17.4 Å². The van der Waals surface area contributed by atoms with E-state index in [0.29, 0.717) is 22.9 Å². The molecule has 1 aliphatic carbocycles. The van der Waals surface area contributed by atoms with Crippen molar-refractivity contribution in [1.82, 2.24) is 9.80 Å². The van der Waals surface area contributed by atoms with E-state index in [9.17, 15) is 27.9 Å². The molecule has 0 bridgehead atoms. The maximum Gasteiger partial charge on any atom is 0.430 e. The van der Waals surface area contributed by atoms with Gasteiger partial charge in [-0.1, -0.05) is 48.9 Å². The predicted molar refractivity (Wildman–Crippen MR) is 145 cm³/mol. The maximum atomic E-state index is 13.9. The van der Waals surface area contributed by atoms with Crippen molar-refractivity contribution < 1.29 is 27.9 Å². The molecule has 1 spiro atoms. The highest BCUT2D eigenvalue weighted by atomic mass is 35.5. The Bertz CT molecular complexity index is 1220. The number of carbonyl (C=O) groups is 2. The summed E-state index contributed by atoms with van der Waals surface area (Å²) in [5.41, 5.74) is -2.58. The van der Waals surface area contributed by atoms with Crippen molar-refractivity contribution in [3.63, 3.8) is 0 Å². The lowest BCUT2D eigenvalue weighted by Gasteiger charge is -2.36. The van der Waals surface area contributed by atoms with Crippen LogP contribution < -0.4 is 4.90 Å². The van der Waals surface area contributed by atoms with Gasteiger partial charge in [0.05, 0.1) is 10.6 Å². The van der Waals surface area contributed by atoms with Crippen LogP contribution in [0.25, 0.3) is 0 Å². The number of benzene rings is 2. The van der Waals surface area contributed by atoms with Crippen LogP contribution in [0.15, 0.2) is 48.5 Å². The molecule has 6 nitrogen and oxygen atoms in total. The maximum absolute atomic E-state index is 13.9. The number of amides is 2. The van der Waals surface area contributed by atoms with Crippen LogP contribution in [-0.2, 0) is 10.4 Å².